The maximum absolute atomic E-state index is 4.22. The molecule has 1 N–H and O–H groups in total. The molecule has 0 amide bonds. The summed E-state index contributed by atoms with van der Waals surface area (Å²) < 4.78 is 1.72. The van der Waals surface area contributed by atoms with Crippen molar-refractivity contribution in [2.75, 3.05) is 6.54 Å². The van der Waals surface area contributed by atoms with Crippen LogP contribution < -0.4 is 5.32 Å². The highest BCUT2D eigenvalue weighted by Crippen LogP contribution is 2.00. The monoisotopic (exact) mass is 231 g/mol. The molecular weight excluding hydrogens is 214 g/mol. The van der Waals surface area contributed by atoms with Crippen LogP contribution in [0.3, 0.4) is 0 Å². The molecule has 5 nitrogen and oxygen atoms in total. The zero-order valence-corrected chi connectivity index (χ0v) is 10.2. The van der Waals surface area contributed by atoms with Gasteiger partial charge in [-0.25, -0.2) is 4.98 Å². The first-order chi connectivity index (χ1) is 8.24. The summed E-state index contributed by atoms with van der Waals surface area (Å²) in [6.45, 7) is 3.76. The van der Waals surface area contributed by atoms with E-state index < -0.39 is 0 Å². The third-order valence-electron chi connectivity index (χ3n) is 2.43. The highest BCUT2D eigenvalue weighted by atomic mass is 15.3. The molecule has 2 aromatic heterocycles. The number of hydrogen-bond acceptors (Lipinski definition) is 4. The Kier molecular flexibility index (Phi) is 3.82. The second kappa shape index (κ2) is 5.54. The molecule has 0 aromatic carbocycles. The SMILES string of the molecule is Cc1cncc(CNCCc2ncn(C)n2)c1. The molecule has 5 heteroatoms. The minimum absolute atomic E-state index is 0.835. The standard InChI is InChI=1S/C12H17N5/c1-10-5-11(8-14-6-10)7-13-4-3-12-15-9-17(2)16-12/h5-6,8-9,13H,3-4,7H2,1-2H3. The summed E-state index contributed by atoms with van der Waals surface area (Å²) in [5, 5.41) is 7.58. The first kappa shape index (κ1) is 11.7. The average molecular weight is 231 g/mol. The van der Waals surface area contributed by atoms with Crippen molar-refractivity contribution in [1.82, 2.24) is 25.1 Å². The van der Waals surface area contributed by atoms with Gasteiger partial charge in [0.2, 0.25) is 0 Å². The van der Waals surface area contributed by atoms with E-state index in [1.165, 1.54) is 11.1 Å². The molecule has 2 aromatic rings. The molecule has 0 radical (unpaired) electrons. The van der Waals surface area contributed by atoms with Crippen LogP contribution in [-0.2, 0) is 20.0 Å². The molecule has 0 bridgehead atoms. The van der Waals surface area contributed by atoms with Crippen LogP contribution in [0.1, 0.15) is 17.0 Å². The van der Waals surface area contributed by atoms with Crippen molar-refractivity contribution < 1.29 is 0 Å². The molecule has 2 rings (SSSR count). The van der Waals surface area contributed by atoms with Gasteiger partial charge in [-0.05, 0) is 18.1 Å². The molecule has 0 aliphatic rings. The van der Waals surface area contributed by atoms with Crippen LogP contribution in [0.25, 0.3) is 0 Å². The van der Waals surface area contributed by atoms with Gasteiger partial charge in [-0.2, -0.15) is 5.10 Å². The Balaban J connectivity index is 1.73. The van der Waals surface area contributed by atoms with E-state index in [1.54, 1.807) is 11.0 Å². The summed E-state index contributed by atoms with van der Waals surface area (Å²) in [4.78, 5) is 8.33. The Hall–Kier alpha value is -1.75. The van der Waals surface area contributed by atoms with E-state index in [2.05, 4.69) is 26.4 Å². The zero-order valence-electron chi connectivity index (χ0n) is 10.2. The Bertz CT molecular complexity index is 477. The van der Waals surface area contributed by atoms with E-state index in [1.807, 2.05) is 26.4 Å². The van der Waals surface area contributed by atoms with Crippen LogP contribution in [0, 0.1) is 6.92 Å². The minimum atomic E-state index is 0.835. The average Bonchev–Trinajstić information content (AvgIpc) is 2.71. The van der Waals surface area contributed by atoms with Crippen LogP contribution in [-0.4, -0.2) is 26.3 Å². The lowest BCUT2D eigenvalue weighted by atomic mass is 10.2. The smallest absolute Gasteiger partial charge is 0.151 e. The van der Waals surface area contributed by atoms with Gasteiger partial charge in [0.25, 0.3) is 0 Å². The lowest BCUT2D eigenvalue weighted by Crippen LogP contribution is -2.17. The van der Waals surface area contributed by atoms with Crippen LogP contribution in [0.15, 0.2) is 24.8 Å². The molecule has 0 atom stereocenters. The second-order valence-corrected chi connectivity index (χ2v) is 4.13. The quantitative estimate of drug-likeness (QED) is 0.775. The van der Waals surface area contributed by atoms with Gasteiger partial charge in [-0.3, -0.25) is 9.67 Å². The van der Waals surface area contributed by atoms with Crippen LogP contribution >= 0.6 is 0 Å². The topological polar surface area (TPSA) is 55.6 Å². The van der Waals surface area contributed by atoms with Crippen molar-refractivity contribution >= 4 is 0 Å². The molecule has 2 heterocycles. The summed E-state index contributed by atoms with van der Waals surface area (Å²) in [6.07, 6.45) is 6.32. The molecule has 17 heavy (non-hydrogen) atoms. The number of nitrogens with zero attached hydrogens (tertiary/aromatic N) is 4. The molecule has 0 aliphatic carbocycles. The molecular formula is C12H17N5. The van der Waals surface area contributed by atoms with E-state index in [0.717, 1.165) is 25.3 Å². The number of rotatable bonds is 5. The van der Waals surface area contributed by atoms with Gasteiger partial charge in [-0.1, -0.05) is 6.07 Å². The fourth-order valence-corrected chi connectivity index (χ4v) is 1.65. The maximum atomic E-state index is 4.22. The largest absolute Gasteiger partial charge is 0.312 e. The Morgan fingerprint density at radius 3 is 2.94 bits per heavy atom. The molecule has 0 fully saturated rings. The van der Waals surface area contributed by atoms with Gasteiger partial charge in [0.1, 0.15) is 6.33 Å². The van der Waals surface area contributed by atoms with Gasteiger partial charge in [-0.15, -0.1) is 0 Å². The summed E-state index contributed by atoms with van der Waals surface area (Å²) in [5.74, 6) is 0.877. The number of nitrogens with one attached hydrogen (secondary N) is 1. The van der Waals surface area contributed by atoms with E-state index in [4.69, 9.17) is 0 Å². The number of aromatic nitrogens is 4. The summed E-state index contributed by atoms with van der Waals surface area (Å²) in [6, 6.07) is 2.14. The molecule has 0 aliphatic heterocycles. The van der Waals surface area contributed by atoms with Crippen molar-refractivity contribution in [3.63, 3.8) is 0 Å². The Morgan fingerprint density at radius 1 is 1.35 bits per heavy atom. The number of hydrogen-bond donors (Lipinski definition) is 1. The molecule has 0 unspecified atom stereocenters. The highest BCUT2D eigenvalue weighted by molar-refractivity contribution is 5.16. The third-order valence-corrected chi connectivity index (χ3v) is 2.43. The lowest BCUT2D eigenvalue weighted by molar-refractivity contribution is 0.659. The Morgan fingerprint density at radius 2 is 2.24 bits per heavy atom. The highest BCUT2D eigenvalue weighted by Gasteiger charge is 1.98. The maximum Gasteiger partial charge on any atom is 0.151 e. The van der Waals surface area contributed by atoms with Crippen molar-refractivity contribution in [2.45, 2.75) is 19.9 Å². The normalized spacial score (nSPS) is 10.7. The molecule has 90 valence electrons. The van der Waals surface area contributed by atoms with E-state index in [9.17, 15) is 0 Å². The van der Waals surface area contributed by atoms with Gasteiger partial charge >= 0.3 is 0 Å². The fourth-order valence-electron chi connectivity index (χ4n) is 1.65. The third kappa shape index (κ3) is 3.64. The first-order valence-corrected chi connectivity index (χ1v) is 5.70. The van der Waals surface area contributed by atoms with Crippen molar-refractivity contribution in [3.8, 4) is 0 Å². The van der Waals surface area contributed by atoms with Crippen molar-refractivity contribution in [3.05, 3.63) is 41.7 Å². The van der Waals surface area contributed by atoms with Crippen LogP contribution in [0.2, 0.25) is 0 Å². The molecule has 0 saturated carbocycles. The summed E-state index contributed by atoms with van der Waals surface area (Å²) >= 11 is 0. The molecule has 0 saturated heterocycles. The van der Waals surface area contributed by atoms with Gasteiger partial charge < -0.3 is 5.32 Å². The predicted molar refractivity (Wildman–Crippen MR) is 65.4 cm³/mol. The van der Waals surface area contributed by atoms with Crippen LogP contribution in [0.4, 0.5) is 0 Å². The number of pyridine rings is 1. The lowest BCUT2D eigenvalue weighted by Gasteiger charge is -2.03. The van der Waals surface area contributed by atoms with Gasteiger partial charge in [0.05, 0.1) is 0 Å². The first-order valence-electron chi connectivity index (χ1n) is 5.70. The summed E-state index contributed by atoms with van der Waals surface area (Å²) in [5.41, 5.74) is 2.40. The minimum Gasteiger partial charge on any atom is -0.312 e. The van der Waals surface area contributed by atoms with Crippen molar-refractivity contribution in [2.24, 2.45) is 7.05 Å². The summed E-state index contributed by atoms with van der Waals surface area (Å²) in [7, 11) is 1.88. The Labute approximate surface area is 101 Å². The van der Waals surface area contributed by atoms with Crippen LogP contribution in [0.5, 0.6) is 0 Å². The van der Waals surface area contributed by atoms with E-state index in [-0.39, 0.29) is 0 Å². The fraction of sp³-hybridized carbons (Fsp3) is 0.417. The van der Waals surface area contributed by atoms with Gasteiger partial charge in [0, 0.05) is 39.0 Å². The zero-order chi connectivity index (χ0) is 12.1. The number of aryl methyl sites for hydroxylation is 2. The second-order valence-electron chi connectivity index (χ2n) is 4.13. The molecule has 0 spiro atoms. The van der Waals surface area contributed by atoms with Crippen molar-refractivity contribution in [1.29, 1.82) is 0 Å². The van der Waals surface area contributed by atoms with E-state index >= 15 is 0 Å². The van der Waals surface area contributed by atoms with Gasteiger partial charge in [0.15, 0.2) is 5.82 Å². The van der Waals surface area contributed by atoms with E-state index in [0.29, 0.717) is 0 Å². The predicted octanol–water partition coefficient (Wildman–Crippen LogP) is 0.851.